The van der Waals surface area contributed by atoms with E-state index in [2.05, 4.69) is 29.7 Å². The van der Waals surface area contributed by atoms with Gasteiger partial charge in [-0.15, -0.1) is 0 Å². The van der Waals surface area contributed by atoms with Crippen molar-refractivity contribution in [2.24, 2.45) is 4.99 Å². The Kier molecular flexibility index (Phi) is 142. The van der Waals surface area contributed by atoms with Gasteiger partial charge in [0, 0.05) is 202 Å². The van der Waals surface area contributed by atoms with Crippen molar-refractivity contribution in [3.8, 4) is 6.19 Å². The summed E-state index contributed by atoms with van der Waals surface area (Å²) in [5.41, 5.74) is 0. The van der Waals surface area contributed by atoms with Crippen molar-refractivity contribution in [2.45, 2.75) is 0 Å². The third-order valence-electron chi connectivity index (χ3n) is 0.500. The van der Waals surface area contributed by atoms with E-state index < -0.39 is 0 Å². The van der Waals surface area contributed by atoms with Crippen LogP contribution in [0, 0.1) is 33.0 Å². The van der Waals surface area contributed by atoms with Gasteiger partial charge in [-0.3, -0.25) is 7.05 Å². The minimum atomic E-state index is 0. The smallest absolute Gasteiger partial charge is 0.166 e. The molecule has 0 spiro atoms. The molecule has 0 unspecified atom stereocenters. The zero-order chi connectivity index (χ0) is 6.41. The number of guanidine groups is 1. The van der Waals surface area contributed by atoms with Crippen molar-refractivity contribution >= 4 is 5.96 Å². The second-order valence-corrected chi connectivity index (χ2v) is 0.920. The van der Waals surface area contributed by atoms with Gasteiger partial charge in [0.25, 0.3) is 0 Å². The maximum atomic E-state index is 7.96. The van der Waals surface area contributed by atoms with Crippen LogP contribution in [0.4, 0.5) is 0 Å². The molecule has 4 nitrogen and oxygen atoms in total. The van der Waals surface area contributed by atoms with E-state index >= 15 is 0 Å². The predicted octanol–water partition coefficient (Wildman–Crippen LogP) is 0.0212. The topological polar surface area (TPSA) is 60.2 Å². The molecule has 0 aliphatic carbocycles. The first-order valence-corrected chi connectivity index (χ1v) is 1.87. The maximum absolute atomic E-state index is 7.96. The van der Waals surface area contributed by atoms with Crippen LogP contribution in [0.2, 0.25) is 0 Å². The van der Waals surface area contributed by atoms with Crippen molar-refractivity contribution < 1.29 is 196 Å². The number of rotatable bonds is 0. The van der Waals surface area contributed by atoms with Crippen molar-refractivity contribution in [3.05, 3.63) is 21.5 Å². The van der Waals surface area contributed by atoms with E-state index in [1.165, 1.54) is 0 Å². The quantitative estimate of drug-likeness (QED) is 0.127. The van der Waals surface area contributed by atoms with Gasteiger partial charge in [-0.05, 0) is 0 Å². The number of nitrogens with one attached hydrogen (secondary N) is 2. The van der Waals surface area contributed by atoms with Crippen LogP contribution in [0.1, 0.15) is 0 Å². The Labute approximate surface area is 244 Å². The zero-order valence-corrected chi connectivity index (χ0v) is 25.8. The number of nitriles is 1. The fraction of sp³-hybridized carbons (Fsp3) is 0. The molecular weight excluding hydrogens is 650 g/mol. The summed E-state index contributed by atoms with van der Waals surface area (Å²) in [7, 11) is 6.39. The molecule has 0 aliphatic heterocycles. The number of hydrogen-bond acceptors (Lipinski definition) is 2. The van der Waals surface area contributed by atoms with Crippen molar-refractivity contribution in [3.63, 3.8) is 0 Å². The number of hydrogen-bond donors (Lipinski definition) is 2. The molecule has 0 atom stereocenters. The van der Waals surface area contributed by atoms with E-state index in [0.29, 0.717) is 0 Å². The molecule has 0 bridgehead atoms. The van der Waals surface area contributed by atoms with Crippen LogP contribution in [-0.4, -0.2) is 5.96 Å². The normalized spacial score (nSPS) is 5.20. The summed E-state index contributed by atoms with van der Waals surface area (Å²) in [5.74, 6) is 0.257. The van der Waals surface area contributed by atoms with Crippen molar-refractivity contribution in [1.82, 2.24) is 10.6 Å². The molecule has 0 fully saturated rings. The van der Waals surface area contributed by atoms with Crippen LogP contribution < -0.4 is 10.6 Å². The van der Waals surface area contributed by atoms with Crippen LogP contribution in [0.25, 0.3) is 0 Å². The minimum absolute atomic E-state index is 0. The van der Waals surface area contributed by atoms with Gasteiger partial charge in [-0.2, -0.15) is 12.3 Å². The van der Waals surface area contributed by atoms with Gasteiger partial charge in [-0.25, -0.2) is 0 Å². The Morgan fingerprint density at radius 1 is 1.07 bits per heavy atom. The Balaban J connectivity index is -0.0000000117. The monoisotopic (exact) mass is 659 g/mol. The summed E-state index contributed by atoms with van der Waals surface area (Å²) in [6.45, 7) is 0. The number of aliphatic imine (C=N–C) groups is 1. The average Bonchev–Trinajstić information content (AvgIpc) is 1.83. The van der Waals surface area contributed by atoms with Gasteiger partial charge in [0.2, 0.25) is 0 Å². The Morgan fingerprint density at radius 2 is 1.40 bits per heavy atom. The van der Waals surface area contributed by atoms with E-state index in [-0.39, 0.29) is 210 Å². The van der Waals surface area contributed by atoms with E-state index in [0.717, 1.165) is 0 Å². The van der Waals surface area contributed by atoms with Gasteiger partial charge in [-0.1, -0.05) is 0 Å². The second-order valence-electron chi connectivity index (χ2n) is 0.920. The first kappa shape index (κ1) is 50.0. The Morgan fingerprint density at radius 3 is 1.47 bits per heavy atom. The molecule has 0 saturated heterocycles. The first-order valence-electron chi connectivity index (χ1n) is 1.87. The van der Waals surface area contributed by atoms with Crippen molar-refractivity contribution in [1.29, 1.82) is 5.26 Å². The van der Waals surface area contributed by atoms with Gasteiger partial charge in [0.1, 0.15) is 0 Å². The third-order valence-corrected chi connectivity index (χ3v) is 0.500. The molecule has 2 N–H and O–H groups in total. The molecule has 0 saturated carbocycles. The standard InChI is InChI=1S/C4H6N4.CH3.6Y/c1-6-4(7-2)8-3-5;;;;;;;/h1-2H2,(H2,6,7,8);1H3;;;;;;/q-2;-1;;;;;;. The van der Waals surface area contributed by atoms with Gasteiger partial charge in [0.15, 0.2) is 6.19 Å². The molecule has 10 heteroatoms. The van der Waals surface area contributed by atoms with Gasteiger partial charge in [0.05, 0.1) is 0 Å². The summed E-state index contributed by atoms with van der Waals surface area (Å²) in [4.78, 5) is 3.36. The predicted molar refractivity (Wildman–Crippen MR) is 36.4 cm³/mol. The van der Waals surface area contributed by atoms with Crippen LogP contribution in [-0.2, 0) is 196 Å². The SMILES string of the molecule is [CH2-]N=C(N[CH2-])NC#N.[CH3-].[Y].[Y].[Y].[Y].[Y].[Y]. The summed E-state index contributed by atoms with van der Waals surface area (Å²) < 4.78 is 0. The summed E-state index contributed by atoms with van der Waals surface area (Å²) in [5, 5.41) is 12.5. The van der Waals surface area contributed by atoms with Crippen molar-refractivity contribution in [2.75, 3.05) is 0 Å². The number of nitrogens with zero attached hydrogens (tertiary/aromatic N) is 2. The zero-order valence-electron chi connectivity index (χ0n) is 8.77. The Hall–Kier alpha value is 5.25. The van der Waals surface area contributed by atoms with E-state index in [1.54, 1.807) is 6.19 Å². The van der Waals surface area contributed by atoms with E-state index in [4.69, 9.17) is 5.26 Å². The second kappa shape index (κ2) is 42.7. The maximum Gasteiger partial charge on any atom is 0.166 e. The fourth-order valence-electron chi connectivity index (χ4n) is 0.193. The molecule has 0 aromatic heterocycles. The van der Waals surface area contributed by atoms with Gasteiger partial charge >= 0.3 is 0 Å². The summed E-state index contributed by atoms with van der Waals surface area (Å²) in [6, 6.07) is 0. The molecule has 0 aromatic rings. The molecular formula is C5H9N4Y6-3. The molecule has 70 valence electrons. The molecule has 0 heterocycles. The molecule has 15 heavy (non-hydrogen) atoms. The van der Waals surface area contributed by atoms with Gasteiger partial charge < -0.3 is 23.1 Å². The molecule has 0 aromatic carbocycles. The Bertz CT molecular complexity index is 136. The third kappa shape index (κ3) is 38.2. The van der Waals surface area contributed by atoms with E-state index in [9.17, 15) is 0 Å². The van der Waals surface area contributed by atoms with E-state index in [1.807, 2.05) is 0 Å². The minimum Gasteiger partial charge on any atom is -0.587 e. The van der Waals surface area contributed by atoms with Crippen LogP contribution in [0.5, 0.6) is 0 Å². The van der Waals surface area contributed by atoms with Crippen LogP contribution >= 0.6 is 0 Å². The largest absolute Gasteiger partial charge is 0.587 e. The molecule has 0 aliphatic rings. The van der Waals surface area contributed by atoms with Crippen LogP contribution in [0.3, 0.4) is 0 Å². The first-order chi connectivity index (χ1) is 3.85. The fourth-order valence-corrected chi connectivity index (χ4v) is 0.193. The molecule has 6 radical (unpaired) electrons. The molecule has 0 rings (SSSR count). The average molecular weight is 659 g/mol. The molecule has 0 amide bonds. The van der Waals surface area contributed by atoms with Crippen LogP contribution in [0.15, 0.2) is 4.99 Å². The summed E-state index contributed by atoms with van der Waals surface area (Å²) in [6.07, 6.45) is 1.65. The summed E-state index contributed by atoms with van der Waals surface area (Å²) >= 11 is 0.